The van der Waals surface area contributed by atoms with Crippen molar-refractivity contribution in [2.45, 2.75) is 19.8 Å². The number of carbonyl (C=O) groups excluding carboxylic acids is 2. The van der Waals surface area contributed by atoms with Gasteiger partial charge in [0.15, 0.2) is 0 Å². The number of likely N-dealkylation sites (tertiary alicyclic amines) is 1. The van der Waals surface area contributed by atoms with Gasteiger partial charge < -0.3 is 9.64 Å². The number of ether oxygens (including phenoxy) is 1. The van der Waals surface area contributed by atoms with E-state index in [1.54, 1.807) is 17.9 Å². The Hall–Kier alpha value is -2.43. The highest BCUT2D eigenvalue weighted by Gasteiger charge is 2.30. The Balaban J connectivity index is 1.77. The molecule has 1 fully saturated rings. The number of pyridine rings is 1. The molecule has 1 amide bonds. The molecule has 0 saturated carbocycles. The number of carbonyl (C=O) groups is 2. The van der Waals surface area contributed by atoms with E-state index in [9.17, 15) is 9.59 Å². The Labute approximate surface area is 135 Å². The average Bonchev–Trinajstić information content (AvgIpc) is 2.61. The van der Waals surface area contributed by atoms with Crippen molar-refractivity contribution in [2.24, 2.45) is 5.92 Å². The number of aromatic nitrogens is 1. The third-order valence-corrected chi connectivity index (χ3v) is 4.15. The summed E-state index contributed by atoms with van der Waals surface area (Å²) in [7, 11) is 0. The number of fused-ring (bicyclic) bond motifs is 1. The Bertz CT molecular complexity index is 729. The summed E-state index contributed by atoms with van der Waals surface area (Å²) in [6.45, 7) is 3.23. The molecule has 1 aliphatic rings. The van der Waals surface area contributed by atoms with E-state index in [-0.39, 0.29) is 17.8 Å². The van der Waals surface area contributed by atoms with Gasteiger partial charge in [0.05, 0.1) is 18.0 Å². The van der Waals surface area contributed by atoms with Crippen LogP contribution >= 0.6 is 0 Å². The maximum atomic E-state index is 12.7. The zero-order chi connectivity index (χ0) is 16.2. The lowest BCUT2D eigenvalue weighted by atomic mass is 9.98. The van der Waals surface area contributed by atoms with Crippen molar-refractivity contribution >= 4 is 22.8 Å². The van der Waals surface area contributed by atoms with Crippen LogP contribution in [0, 0.1) is 5.92 Å². The molecule has 1 atom stereocenters. The Morgan fingerprint density at radius 1 is 1.26 bits per heavy atom. The van der Waals surface area contributed by atoms with Crippen LogP contribution < -0.4 is 0 Å². The summed E-state index contributed by atoms with van der Waals surface area (Å²) in [6, 6.07) is 11.4. The molecule has 1 aromatic carbocycles. The van der Waals surface area contributed by atoms with Gasteiger partial charge in [0.1, 0.15) is 5.69 Å². The van der Waals surface area contributed by atoms with Crippen LogP contribution in [0.15, 0.2) is 36.4 Å². The summed E-state index contributed by atoms with van der Waals surface area (Å²) in [5, 5.41) is 1.01. The number of nitrogens with zero attached hydrogens (tertiary/aromatic N) is 2. The van der Waals surface area contributed by atoms with E-state index in [2.05, 4.69) is 4.98 Å². The fourth-order valence-electron chi connectivity index (χ4n) is 2.96. The SMILES string of the molecule is CCOC(=O)C1CCCN(C(=O)c2ccc3ccccc3n2)C1. The van der Waals surface area contributed by atoms with Gasteiger partial charge in [-0.3, -0.25) is 9.59 Å². The number of para-hydroxylation sites is 1. The lowest BCUT2D eigenvalue weighted by Crippen LogP contribution is -2.43. The van der Waals surface area contributed by atoms with E-state index < -0.39 is 0 Å². The monoisotopic (exact) mass is 312 g/mol. The van der Waals surface area contributed by atoms with Crippen molar-refractivity contribution in [1.82, 2.24) is 9.88 Å². The third-order valence-electron chi connectivity index (χ3n) is 4.15. The van der Waals surface area contributed by atoms with E-state index in [0.29, 0.717) is 25.4 Å². The van der Waals surface area contributed by atoms with Gasteiger partial charge in [0, 0.05) is 18.5 Å². The van der Waals surface area contributed by atoms with E-state index in [1.807, 2.05) is 30.3 Å². The van der Waals surface area contributed by atoms with E-state index >= 15 is 0 Å². The highest BCUT2D eigenvalue weighted by atomic mass is 16.5. The van der Waals surface area contributed by atoms with Crippen molar-refractivity contribution in [3.8, 4) is 0 Å². The lowest BCUT2D eigenvalue weighted by Gasteiger charge is -2.31. The number of hydrogen-bond acceptors (Lipinski definition) is 4. The minimum Gasteiger partial charge on any atom is -0.466 e. The lowest BCUT2D eigenvalue weighted by molar-refractivity contribution is -0.149. The second-order valence-electron chi connectivity index (χ2n) is 5.73. The highest BCUT2D eigenvalue weighted by molar-refractivity contribution is 5.95. The normalized spacial score (nSPS) is 18.0. The van der Waals surface area contributed by atoms with E-state index in [0.717, 1.165) is 23.7 Å². The molecule has 5 nitrogen and oxygen atoms in total. The molecule has 2 heterocycles. The summed E-state index contributed by atoms with van der Waals surface area (Å²) in [6.07, 6.45) is 1.58. The molecule has 2 aromatic rings. The van der Waals surface area contributed by atoms with Crippen molar-refractivity contribution in [1.29, 1.82) is 0 Å². The van der Waals surface area contributed by atoms with Crippen molar-refractivity contribution < 1.29 is 14.3 Å². The Morgan fingerprint density at radius 3 is 2.91 bits per heavy atom. The maximum Gasteiger partial charge on any atom is 0.310 e. The van der Waals surface area contributed by atoms with Gasteiger partial charge in [-0.05, 0) is 31.9 Å². The first kappa shape index (κ1) is 15.5. The minimum absolute atomic E-state index is 0.121. The molecular weight excluding hydrogens is 292 g/mol. The van der Waals surface area contributed by atoms with Crippen LogP contribution in [0.5, 0.6) is 0 Å². The van der Waals surface area contributed by atoms with Gasteiger partial charge in [-0.1, -0.05) is 24.3 Å². The Kier molecular flexibility index (Phi) is 4.55. The highest BCUT2D eigenvalue weighted by Crippen LogP contribution is 2.20. The summed E-state index contributed by atoms with van der Waals surface area (Å²) in [5.74, 6) is -0.561. The Morgan fingerprint density at radius 2 is 2.09 bits per heavy atom. The molecule has 0 aliphatic carbocycles. The third kappa shape index (κ3) is 3.33. The summed E-state index contributed by atoms with van der Waals surface area (Å²) in [5.41, 5.74) is 1.23. The zero-order valence-corrected chi connectivity index (χ0v) is 13.2. The smallest absolute Gasteiger partial charge is 0.310 e. The number of esters is 1. The molecule has 0 N–H and O–H groups in total. The van der Waals surface area contributed by atoms with Crippen LogP contribution in [0.25, 0.3) is 10.9 Å². The van der Waals surface area contributed by atoms with Gasteiger partial charge in [0.25, 0.3) is 5.91 Å². The van der Waals surface area contributed by atoms with Gasteiger partial charge in [-0.2, -0.15) is 0 Å². The molecule has 1 aliphatic heterocycles. The van der Waals surface area contributed by atoms with Crippen LogP contribution in [-0.4, -0.2) is 41.5 Å². The first-order chi connectivity index (χ1) is 11.2. The maximum absolute atomic E-state index is 12.7. The van der Waals surface area contributed by atoms with Crippen molar-refractivity contribution in [3.63, 3.8) is 0 Å². The van der Waals surface area contributed by atoms with Crippen LogP contribution in [-0.2, 0) is 9.53 Å². The molecule has 23 heavy (non-hydrogen) atoms. The largest absolute Gasteiger partial charge is 0.466 e. The van der Waals surface area contributed by atoms with Crippen molar-refractivity contribution in [2.75, 3.05) is 19.7 Å². The number of piperidine rings is 1. The predicted molar refractivity (Wildman–Crippen MR) is 87.0 cm³/mol. The fraction of sp³-hybridized carbons (Fsp3) is 0.389. The van der Waals surface area contributed by atoms with Crippen LogP contribution in [0.2, 0.25) is 0 Å². The quantitative estimate of drug-likeness (QED) is 0.818. The number of amides is 1. The van der Waals surface area contributed by atoms with Crippen LogP contribution in [0.3, 0.4) is 0 Å². The molecule has 1 unspecified atom stereocenters. The number of hydrogen-bond donors (Lipinski definition) is 0. The predicted octanol–water partition coefficient (Wildman–Crippen LogP) is 2.65. The van der Waals surface area contributed by atoms with E-state index in [4.69, 9.17) is 4.74 Å². The number of rotatable bonds is 3. The average molecular weight is 312 g/mol. The molecule has 5 heteroatoms. The van der Waals surface area contributed by atoms with Gasteiger partial charge in [-0.15, -0.1) is 0 Å². The molecule has 1 aromatic heterocycles. The second kappa shape index (κ2) is 6.77. The minimum atomic E-state index is -0.229. The molecular formula is C18H20N2O3. The topological polar surface area (TPSA) is 59.5 Å². The molecule has 1 saturated heterocycles. The van der Waals surface area contributed by atoms with Gasteiger partial charge >= 0.3 is 5.97 Å². The van der Waals surface area contributed by atoms with Crippen LogP contribution in [0.4, 0.5) is 0 Å². The second-order valence-corrected chi connectivity index (χ2v) is 5.73. The van der Waals surface area contributed by atoms with Crippen LogP contribution in [0.1, 0.15) is 30.3 Å². The fourth-order valence-corrected chi connectivity index (χ4v) is 2.96. The zero-order valence-electron chi connectivity index (χ0n) is 13.2. The molecule has 3 rings (SSSR count). The van der Waals surface area contributed by atoms with Crippen molar-refractivity contribution in [3.05, 3.63) is 42.1 Å². The first-order valence-corrected chi connectivity index (χ1v) is 8.00. The summed E-state index contributed by atoms with van der Waals surface area (Å²) >= 11 is 0. The van der Waals surface area contributed by atoms with Gasteiger partial charge in [0.2, 0.25) is 0 Å². The number of benzene rings is 1. The van der Waals surface area contributed by atoms with E-state index in [1.165, 1.54) is 0 Å². The molecule has 0 spiro atoms. The van der Waals surface area contributed by atoms with Gasteiger partial charge in [-0.25, -0.2) is 4.98 Å². The standard InChI is InChI=1S/C18H20N2O3/c1-2-23-18(22)14-7-5-11-20(12-14)17(21)16-10-9-13-6-3-4-8-15(13)19-16/h3-4,6,8-10,14H,2,5,7,11-12H2,1H3. The summed E-state index contributed by atoms with van der Waals surface area (Å²) in [4.78, 5) is 30.7. The summed E-state index contributed by atoms with van der Waals surface area (Å²) < 4.78 is 5.08. The molecule has 0 bridgehead atoms. The first-order valence-electron chi connectivity index (χ1n) is 8.00. The molecule has 120 valence electrons. The molecule has 0 radical (unpaired) electrons.